The second kappa shape index (κ2) is 5.27. The van der Waals surface area contributed by atoms with E-state index in [4.69, 9.17) is 5.73 Å². The molecule has 0 radical (unpaired) electrons. The fourth-order valence-electron chi connectivity index (χ4n) is 1.91. The molecule has 0 bridgehead atoms. The summed E-state index contributed by atoms with van der Waals surface area (Å²) >= 11 is 0. The fraction of sp³-hybridized carbons (Fsp3) is 0.385. The molecular weight excluding hydrogens is 244 g/mol. The van der Waals surface area contributed by atoms with Gasteiger partial charge in [-0.05, 0) is 31.0 Å². The maximum Gasteiger partial charge on any atom is 0.323 e. The second-order valence-electron chi connectivity index (χ2n) is 4.63. The molecule has 0 spiro atoms. The van der Waals surface area contributed by atoms with Crippen molar-refractivity contribution < 1.29 is 4.79 Å². The number of aromatic amines is 2. The molecule has 1 aromatic carbocycles. The zero-order valence-corrected chi connectivity index (χ0v) is 11.0. The van der Waals surface area contributed by atoms with Crippen LogP contribution in [0.15, 0.2) is 23.0 Å². The highest BCUT2D eigenvalue weighted by Crippen LogP contribution is 2.17. The molecule has 0 saturated heterocycles. The molecule has 2 aromatic rings. The number of imidazole rings is 1. The summed E-state index contributed by atoms with van der Waals surface area (Å²) in [7, 11) is 0. The van der Waals surface area contributed by atoms with Gasteiger partial charge in [0, 0.05) is 0 Å². The highest BCUT2D eigenvalue weighted by Gasteiger charge is 2.15. The van der Waals surface area contributed by atoms with Gasteiger partial charge in [0.2, 0.25) is 5.91 Å². The zero-order valence-electron chi connectivity index (χ0n) is 11.0. The van der Waals surface area contributed by atoms with Gasteiger partial charge in [0.05, 0.1) is 23.1 Å². The van der Waals surface area contributed by atoms with Gasteiger partial charge < -0.3 is 21.0 Å². The molecule has 102 valence electrons. The SMILES string of the molecule is CC[C@@H](N)C(=O)NC(C)c1ccc2[nH]c(=O)[nH]c2c1. The summed E-state index contributed by atoms with van der Waals surface area (Å²) in [6.07, 6.45) is 0.600. The van der Waals surface area contributed by atoms with Crippen LogP contribution in [0, 0.1) is 0 Å². The number of hydrogen-bond donors (Lipinski definition) is 4. The van der Waals surface area contributed by atoms with Gasteiger partial charge in [0.1, 0.15) is 0 Å². The summed E-state index contributed by atoms with van der Waals surface area (Å²) in [6.45, 7) is 3.75. The van der Waals surface area contributed by atoms with E-state index in [-0.39, 0.29) is 17.6 Å². The lowest BCUT2D eigenvalue weighted by Gasteiger charge is -2.17. The number of benzene rings is 1. The van der Waals surface area contributed by atoms with Crippen LogP contribution >= 0.6 is 0 Å². The van der Waals surface area contributed by atoms with Crippen LogP contribution < -0.4 is 16.7 Å². The van der Waals surface area contributed by atoms with Gasteiger partial charge in [-0.15, -0.1) is 0 Å². The van der Waals surface area contributed by atoms with Gasteiger partial charge in [-0.1, -0.05) is 13.0 Å². The van der Waals surface area contributed by atoms with Crippen LogP contribution in [0.5, 0.6) is 0 Å². The van der Waals surface area contributed by atoms with Crippen molar-refractivity contribution in [2.75, 3.05) is 0 Å². The van der Waals surface area contributed by atoms with Crippen LogP contribution in [0.1, 0.15) is 31.9 Å². The Kier molecular flexibility index (Phi) is 3.71. The largest absolute Gasteiger partial charge is 0.348 e. The summed E-state index contributed by atoms with van der Waals surface area (Å²) in [6, 6.07) is 4.88. The minimum absolute atomic E-state index is 0.159. The summed E-state index contributed by atoms with van der Waals surface area (Å²) in [5, 5.41) is 2.85. The minimum atomic E-state index is -0.488. The number of rotatable bonds is 4. The number of nitrogens with two attached hydrogens (primary N) is 1. The Labute approximate surface area is 110 Å². The van der Waals surface area contributed by atoms with Crippen LogP contribution in [0.2, 0.25) is 0 Å². The monoisotopic (exact) mass is 262 g/mol. The molecule has 2 rings (SSSR count). The van der Waals surface area contributed by atoms with Crippen molar-refractivity contribution in [2.24, 2.45) is 5.73 Å². The van der Waals surface area contributed by atoms with Crippen molar-refractivity contribution in [3.8, 4) is 0 Å². The van der Waals surface area contributed by atoms with Crippen molar-refractivity contribution in [1.82, 2.24) is 15.3 Å². The first kappa shape index (κ1) is 13.4. The van der Waals surface area contributed by atoms with Crippen molar-refractivity contribution in [2.45, 2.75) is 32.4 Å². The number of carbonyl (C=O) groups excluding carboxylic acids is 1. The van der Waals surface area contributed by atoms with E-state index in [0.717, 1.165) is 16.6 Å². The van der Waals surface area contributed by atoms with Crippen molar-refractivity contribution in [3.05, 3.63) is 34.2 Å². The summed E-state index contributed by atoms with van der Waals surface area (Å²) in [5.41, 5.74) is 7.82. The third-order valence-electron chi connectivity index (χ3n) is 3.18. The quantitative estimate of drug-likeness (QED) is 0.654. The third kappa shape index (κ3) is 2.85. The van der Waals surface area contributed by atoms with E-state index in [1.54, 1.807) is 0 Å². The molecule has 6 nitrogen and oxygen atoms in total. The molecular formula is C13H18N4O2. The molecule has 6 heteroatoms. The Morgan fingerprint density at radius 3 is 2.74 bits per heavy atom. The minimum Gasteiger partial charge on any atom is -0.348 e. The lowest BCUT2D eigenvalue weighted by Crippen LogP contribution is -2.41. The van der Waals surface area contributed by atoms with Gasteiger partial charge in [-0.3, -0.25) is 4.79 Å². The first-order valence-electron chi connectivity index (χ1n) is 6.29. The van der Waals surface area contributed by atoms with Crippen LogP contribution in [-0.2, 0) is 4.79 Å². The normalized spacial score (nSPS) is 14.3. The first-order chi connectivity index (χ1) is 9.01. The summed E-state index contributed by atoms with van der Waals surface area (Å²) in [4.78, 5) is 28.3. The molecule has 0 aliphatic heterocycles. The first-order valence-corrected chi connectivity index (χ1v) is 6.29. The Morgan fingerprint density at radius 2 is 2.05 bits per heavy atom. The maximum atomic E-state index is 11.7. The molecule has 19 heavy (non-hydrogen) atoms. The van der Waals surface area contributed by atoms with Crippen LogP contribution in [0.3, 0.4) is 0 Å². The van der Waals surface area contributed by atoms with Gasteiger partial charge in [-0.2, -0.15) is 0 Å². The molecule has 1 unspecified atom stereocenters. The average Bonchev–Trinajstić information content (AvgIpc) is 2.76. The lowest BCUT2D eigenvalue weighted by molar-refractivity contribution is -0.123. The van der Waals surface area contributed by atoms with E-state index >= 15 is 0 Å². The molecule has 1 amide bonds. The summed E-state index contributed by atoms with van der Waals surface area (Å²) < 4.78 is 0. The van der Waals surface area contributed by atoms with E-state index in [1.165, 1.54) is 0 Å². The van der Waals surface area contributed by atoms with Crippen LogP contribution in [0.25, 0.3) is 11.0 Å². The zero-order chi connectivity index (χ0) is 14.0. The number of aromatic nitrogens is 2. The number of fused-ring (bicyclic) bond motifs is 1. The molecule has 5 N–H and O–H groups in total. The molecule has 1 heterocycles. The van der Waals surface area contributed by atoms with Crippen LogP contribution in [0.4, 0.5) is 0 Å². The smallest absolute Gasteiger partial charge is 0.323 e. The van der Waals surface area contributed by atoms with Gasteiger partial charge in [0.25, 0.3) is 0 Å². The Bertz CT molecular complexity index is 643. The number of H-pyrrole nitrogens is 2. The van der Waals surface area contributed by atoms with Gasteiger partial charge in [-0.25, -0.2) is 4.79 Å². The Hall–Kier alpha value is -2.08. The Balaban J connectivity index is 2.19. The maximum absolute atomic E-state index is 11.7. The number of carbonyl (C=O) groups is 1. The van der Waals surface area contributed by atoms with E-state index < -0.39 is 6.04 Å². The molecule has 0 aliphatic rings. The number of hydrogen-bond acceptors (Lipinski definition) is 3. The predicted molar refractivity (Wildman–Crippen MR) is 73.7 cm³/mol. The summed E-state index contributed by atoms with van der Waals surface area (Å²) in [5.74, 6) is -0.169. The van der Waals surface area contributed by atoms with E-state index in [2.05, 4.69) is 15.3 Å². The molecule has 2 atom stereocenters. The van der Waals surface area contributed by atoms with Crippen molar-refractivity contribution >= 4 is 16.9 Å². The van der Waals surface area contributed by atoms with Crippen molar-refractivity contribution in [1.29, 1.82) is 0 Å². The molecule has 0 saturated carbocycles. The number of amides is 1. The van der Waals surface area contributed by atoms with Gasteiger partial charge >= 0.3 is 5.69 Å². The molecule has 1 aromatic heterocycles. The fourth-order valence-corrected chi connectivity index (χ4v) is 1.91. The highest BCUT2D eigenvalue weighted by molar-refractivity contribution is 5.82. The topological polar surface area (TPSA) is 104 Å². The third-order valence-corrected chi connectivity index (χ3v) is 3.18. The lowest BCUT2D eigenvalue weighted by atomic mass is 10.1. The van der Waals surface area contributed by atoms with E-state index in [9.17, 15) is 9.59 Å². The standard InChI is InChI=1S/C13H18N4O2/c1-3-9(14)12(18)15-7(2)8-4-5-10-11(6-8)17-13(19)16-10/h4-7,9H,3,14H2,1-2H3,(H,15,18)(H2,16,17,19)/t7?,9-/m1/s1. The second-order valence-corrected chi connectivity index (χ2v) is 4.63. The molecule has 0 aliphatic carbocycles. The average molecular weight is 262 g/mol. The predicted octanol–water partition coefficient (Wildman–Crippen LogP) is 0.771. The molecule has 0 fully saturated rings. The van der Waals surface area contributed by atoms with E-state index in [1.807, 2.05) is 32.0 Å². The van der Waals surface area contributed by atoms with Crippen molar-refractivity contribution in [3.63, 3.8) is 0 Å². The van der Waals surface area contributed by atoms with E-state index in [0.29, 0.717) is 6.42 Å². The number of nitrogens with one attached hydrogen (secondary N) is 3. The highest BCUT2D eigenvalue weighted by atomic mass is 16.2. The van der Waals surface area contributed by atoms with Crippen LogP contribution in [-0.4, -0.2) is 21.9 Å². The van der Waals surface area contributed by atoms with Gasteiger partial charge in [0.15, 0.2) is 0 Å². The Morgan fingerprint density at radius 1 is 1.37 bits per heavy atom.